The molecule has 0 amide bonds. The van der Waals surface area contributed by atoms with Gasteiger partial charge in [0.1, 0.15) is 0 Å². The lowest BCUT2D eigenvalue weighted by molar-refractivity contribution is -0.141. The van der Waals surface area contributed by atoms with E-state index >= 15 is 0 Å². The van der Waals surface area contributed by atoms with E-state index in [1.165, 1.54) is 26.2 Å². The Morgan fingerprint density at radius 3 is 2.07 bits per heavy atom. The maximum Gasteiger partial charge on any atom is 0.302 e. The molecule has 0 aliphatic rings. The van der Waals surface area contributed by atoms with Crippen LogP contribution in [0.5, 0.6) is 0 Å². The number of carbonyl (C=O) groups is 1. The third-order valence-electron chi connectivity index (χ3n) is 1.40. The molecule has 0 aromatic carbocycles. The van der Waals surface area contributed by atoms with Crippen LogP contribution in [0.1, 0.15) is 39.5 Å². The van der Waals surface area contributed by atoms with Crippen molar-refractivity contribution in [2.75, 3.05) is 19.8 Å². The van der Waals surface area contributed by atoms with Crippen molar-refractivity contribution >= 4 is 5.97 Å². The Morgan fingerprint density at radius 2 is 1.71 bits per heavy atom. The second-order valence-corrected chi connectivity index (χ2v) is 2.85. The standard InChI is InChI=1S/C8H16O2.C2H6O2/c1-3-4-5-6-7-10-8(2)9;3-1-2-4/h3-7H2,1-2H3;3-4H,1-2H2. The van der Waals surface area contributed by atoms with Crippen molar-refractivity contribution in [3.05, 3.63) is 0 Å². The molecule has 0 saturated carbocycles. The lowest BCUT2D eigenvalue weighted by Gasteiger charge is -1.99. The smallest absolute Gasteiger partial charge is 0.302 e. The van der Waals surface area contributed by atoms with E-state index in [9.17, 15) is 4.79 Å². The van der Waals surface area contributed by atoms with Crippen molar-refractivity contribution in [1.29, 1.82) is 0 Å². The average Bonchev–Trinajstić information content (AvgIpc) is 2.18. The van der Waals surface area contributed by atoms with Gasteiger partial charge in [0.2, 0.25) is 0 Å². The molecule has 0 spiro atoms. The Morgan fingerprint density at radius 1 is 1.14 bits per heavy atom. The first-order valence-corrected chi connectivity index (χ1v) is 5.04. The highest BCUT2D eigenvalue weighted by Gasteiger charge is 1.91. The normalized spacial score (nSPS) is 8.86. The summed E-state index contributed by atoms with van der Waals surface area (Å²) in [5.74, 6) is -0.170. The molecule has 0 atom stereocenters. The van der Waals surface area contributed by atoms with Crippen LogP contribution in [0.3, 0.4) is 0 Å². The van der Waals surface area contributed by atoms with Gasteiger partial charge in [0.05, 0.1) is 19.8 Å². The van der Waals surface area contributed by atoms with Crippen LogP contribution in [-0.4, -0.2) is 36.0 Å². The second-order valence-electron chi connectivity index (χ2n) is 2.85. The fourth-order valence-electron chi connectivity index (χ4n) is 0.745. The van der Waals surface area contributed by atoms with Crippen LogP contribution in [0.15, 0.2) is 0 Å². The number of rotatable bonds is 6. The van der Waals surface area contributed by atoms with Crippen molar-refractivity contribution in [2.24, 2.45) is 0 Å². The number of esters is 1. The molecule has 0 unspecified atom stereocenters. The molecule has 4 heteroatoms. The van der Waals surface area contributed by atoms with Gasteiger partial charge in [-0.05, 0) is 6.42 Å². The van der Waals surface area contributed by atoms with E-state index in [4.69, 9.17) is 14.9 Å². The highest BCUT2D eigenvalue weighted by atomic mass is 16.5. The zero-order chi connectivity index (χ0) is 11.2. The first-order chi connectivity index (χ1) is 6.68. The van der Waals surface area contributed by atoms with E-state index in [0.717, 1.165) is 6.42 Å². The maximum atomic E-state index is 10.3. The SMILES string of the molecule is CCCCCCOC(C)=O.OCCO. The van der Waals surface area contributed by atoms with Gasteiger partial charge in [0.15, 0.2) is 0 Å². The van der Waals surface area contributed by atoms with Crippen molar-refractivity contribution in [1.82, 2.24) is 0 Å². The molecule has 0 rings (SSSR count). The van der Waals surface area contributed by atoms with Crippen LogP contribution in [0, 0.1) is 0 Å². The van der Waals surface area contributed by atoms with E-state index in [1.54, 1.807) is 0 Å². The number of ether oxygens (including phenoxy) is 1. The minimum Gasteiger partial charge on any atom is -0.466 e. The van der Waals surface area contributed by atoms with Crippen molar-refractivity contribution < 1.29 is 19.7 Å². The summed E-state index contributed by atoms with van der Waals surface area (Å²) in [6.45, 7) is 3.95. The third-order valence-corrected chi connectivity index (χ3v) is 1.40. The molecule has 4 nitrogen and oxygen atoms in total. The zero-order valence-corrected chi connectivity index (χ0v) is 9.16. The number of aliphatic hydroxyl groups excluding tert-OH is 2. The number of hydrogen-bond acceptors (Lipinski definition) is 4. The van der Waals surface area contributed by atoms with E-state index in [1.807, 2.05) is 0 Å². The molecule has 0 fully saturated rings. The number of aliphatic hydroxyl groups is 2. The van der Waals surface area contributed by atoms with Crippen LogP contribution >= 0.6 is 0 Å². The van der Waals surface area contributed by atoms with Crippen molar-refractivity contribution in [3.63, 3.8) is 0 Å². The van der Waals surface area contributed by atoms with Crippen LogP contribution < -0.4 is 0 Å². The molecule has 2 N–H and O–H groups in total. The Balaban J connectivity index is 0. The van der Waals surface area contributed by atoms with Gasteiger partial charge in [0.25, 0.3) is 0 Å². The number of carbonyl (C=O) groups excluding carboxylic acids is 1. The largest absolute Gasteiger partial charge is 0.466 e. The molecule has 0 heterocycles. The highest BCUT2D eigenvalue weighted by Crippen LogP contribution is 1.98. The molecular weight excluding hydrogens is 184 g/mol. The maximum absolute atomic E-state index is 10.3. The van der Waals surface area contributed by atoms with Gasteiger partial charge in [-0.3, -0.25) is 4.79 Å². The number of hydrogen-bond donors (Lipinski definition) is 2. The van der Waals surface area contributed by atoms with Gasteiger partial charge in [-0.2, -0.15) is 0 Å². The van der Waals surface area contributed by atoms with E-state index in [2.05, 4.69) is 6.92 Å². The molecule has 86 valence electrons. The summed E-state index contributed by atoms with van der Waals surface area (Å²) in [6.07, 6.45) is 4.64. The molecule has 0 aromatic heterocycles. The lowest BCUT2D eigenvalue weighted by atomic mass is 10.2. The quantitative estimate of drug-likeness (QED) is 0.504. The summed E-state index contributed by atoms with van der Waals surface area (Å²) in [4.78, 5) is 10.3. The predicted molar refractivity (Wildman–Crippen MR) is 54.9 cm³/mol. The molecule has 0 aromatic rings. The summed E-state index contributed by atoms with van der Waals surface area (Å²) in [6, 6.07) is 0. The van der Waals surface area contributed by atoms with Crippen LogP contribution in [0.2, 0.25) is 0 Å². The lowest BCUT2D eigenvalue weighted by Crippen LogP contribution is -1.99. The topological polar surface area (TPSA) is 66.8 Å². The molecular formula is C10H22O4. The Bertz CT molecular complexity index is 113. The monoisotopic (exact) mass is 206 g/mol. The van der Waals surface area contributed by atoms with Crippen LogP contribution in [0.25, 0.3) is 0 Å². The zero-order valence-electron chi connectivity index (χ0n) is 9.16. The van der Waals surface area contributed by atoms with Crippen molar-refractivity contribution in [2.45, 2.75) is 39.5 Å². The van der Waals surface area contributed by atoms with Gasteiger partial charge in [-0.15, -0.1) is 0 Å². The molecule has 0 radical (unpaired) electrons. The van der Waals surface area contributed by atoms with Gasteiger partial charge in [-0.25, -0.2) is 0 Å². The Labute approximate surface area is 85.9 Å². The van der Waals surface area contributed by atoms with Crippen molar-refractivity contribution in [3.8, 4) is 0 Å². The second kappa shape index (κ2) is 14.9. The number of unbranched alkanes of at least 4 members (excludes halogenated alkanes) is 3. The van der Waals surface area contributed by atoms with E-state index in [-0.39, 0.29) is 19.2 Å². The average molecular weight is 206 g/mol. The summed E-state index contributed by atoms with van der Waals surface area (Å²) in [7, 11) is 0. The molecule has 14 heavy (non-hydrogen) atoms. The summed E-state index contributed by atoms with van der Waals surface area (Å²) >= 11 is 0. The Hall–Kier alpha value is -0.610. The molecule has 0 aliphatic carbocycles. The fourth-order valence-corrected chi connectivity index (χ4v) is 0.745. The first-order valence-electron chi connectivity index (χ1n) is 5.04. The summed E-state index contributed by atoms with van der Waals surface area (Å²) in [5.41, 5.74) is 0. The Kier molecular flexibility index (Phi) is 16.9. The minimum atomic E-state index is -0.170. The summed E-state index contributed by atoms with van der Waals surface area (Å²) in [5, 5.41) is 15.2. The molecule has 0 aliphatic heterocycles. The van der Waals surface area contributed by atoms with E-state index in [0.29, 0.717) is 6.61 Å². The van der Waals surface area contributed by atoms with Crippen LogP contribution in [-0.2, 0) is 9.53 Å². The predicted octanol–water partition coefficient (Wildman–Crippen LogP) is 1.10. The van der Waals surface area contributed by atoms with E-state index < -0.39 is 0 Å². The summed E-state index contributed by atoms with van der Waals surface area (Å²) < 4.78 is 4.75. The molecule has 0 saturated heterocycles. The molecule has 0 bridgehead atoms. The third kappa shape index (κ3) is 22.5. The van der Waals surface area contributed by atoms with Gasteiger partial charge in [-0.1, -0.05) is 26.2 Å². The van der Waals surface area contributed by atoms with Crippen LogP contribution in [0.4, 0.5) is 0 Å². The minimum absolute atomic E-state index is 0.125. The fraction of sp³-hybridized carbons (Fsp3) is 0.900. The van der Waals surface area contributed by atoms with Gasteiger partial charge in [0, 0.05) is 6.92 Å². The first kappa shape index (κ1) is 15.8. The highest BCUT2D eigenvalue weighted by molar-refractivity contribution is 5.65. The van der Waals surface area contributed by atoms with Gasteiger partial charge >= 0.3 is 5.97 Å². The van der Waals surface area contributed by atoms with Gasteiger partial charge < -0.3 is 14.9 Å².